The van der Waals surface area contributed by atoms with Crippen LogP contribution in [0.1, 0.15) is 13.8 Å². The predicted molar refractivity (Wildman–Crippen MR) is 50.0 cm³/mol. The van der Waals surface area contributed by atoms with Crippen molar-refractivity contribution in [3.63, 3.8) is 0 Å². The summed E-state index contributed by atoms with van der Waals surface area (Å²) >= 11 is 0. The van der Waals surface area contributed by atoms with Gasteiger partial charge in [-0.25, -0.2) is 0 Å². The van der Waals surface area contributed by atoms with Crippen LogP contribution < -0.4 is 0 Å². The van der Waals surface area contributed by atoms with Crippen molar-refractivity contribution in [3.05, 3.63) is 0 Å². The van der Waals surface area contributed by atoms with E-state index in [2.05, 4.69) is 0 Å². The van der Waals surface area contributed by atoms with Gasteiger partial charge in [-0.05, 0) is 13.8 Å². The van der Waals surface area contributed by atoms with Crippen LogP contribution in [0.5, 0.6) is 0 Å². The summed E-state index contributed by atoms with van der Waals surface area (Å²) in [6.45, 7) is 3.01. The van der Waals surface area contributed by atoms with Gasteiger partial charge in [-0.3, -0.25) is 0 Å². The zero-order valence-corrected chi connectivity index (χ0v) is 8.78. The summed E-state index contributed by atoms with van der Waals surface area (Å²) in [7, 11) is 0. The molecule has 0 aromatic rings. The Hall–Kier alpha value is -0.240. The van der Waals surface area contributed by atoms with Crippen molar-refractivity contribution >= 4 is 0 Å². The molecule has 90 valence electrons. The highest BCUT2D eigenvalue weighted by Crippen LogP contribution is 2.22. The van der Waals surface area contributed by atoms with E-state index in [1.165, 1.54) is 0 Å². The normalized spacial score (nSPS) is 42.2. The zero-order chi connectivity index (χ0) is 11.6. The van der Waals surface area contributed by atoms with E-state index in [-0.39, 0.29) is 6.10 Å². The van der Waals surface area contributed by atoms with Crippen molar-refractivity contribution in [2.45, 2.75) is 50.7 Å². The summed E-state index contributed by atoms with van der Waals surface area (Å²) in [5.74, 6) is 0. The topological polar surface area (TPSA) is 99.4 Å². The van der Waals surface area contributed by atoms with E-state index in [1.807, 2.05) is 0 Å². The van der Waals surface area contributed by atoms with Crippen LogP contribution in [0.3, 0.4) is 0 Å². The number of hydrogen-bond donors (Lipinski definition) is 4. The van der Waals surface area contributed by atoms with Gasteiger partial charge in [-0.2, -0.15) is 0 Å². The maximum Gasteiger partial charge on any atom is 0.184 e. The Kier molecular flexibility index (Phi) is 4.45. The maximum absolute atomic E-state index is 9.63. The molecule has 0 aromatic carbocycles. The second kappa shape index (κ2) is 5.20. The van der Waals surface area contributed by atoms with Crippen molar-refractivity contribution in [1.82, 2.24) is 0 Å². The second-order valence-electron chi connectivity index (χ2n) is 3.88. The third kappa shape index (κ3) is 2.87. The van der Waals surface area contributed by atoms with Crippen LogP contribution in [0, 0.1) is 0 Å². The molecule has 1 rings (SSSR count). The first-order chi connectivity index (χ1) is 6.97. The molecule has 0 saturated carbocycles. The van der Waals surface area contributed by atoms with Crippen molar-refractivity contribution in [3.8, 4) is 0 Å². The molecule has 15 heavy (non-hydrogen) atoms. The molecule has 1 heterocycles. The van der Waals surface area contributed by atoms with Crippen molar-refractivity contribution in [1.29, 1.82) is 0 Å². The van der Waals surface area contributed by atoms with Crippen molar-refractivity contribution in [2.24, 2.45) is 0 Å². The fourth-order valence-electron chi connectivity index (χ4n) is 1.53. The molecule has 1 aliphatic rings. The lowest BCUT2D eigenvalue weighted by atomic mass is 9.99. The minimum absolute atomic E-state index is 0.208. The fourth-order valence-corrected chi connectivity index (χ4v) is 1.53. The molecule has 6 heteroatoms. The van der Waals surface area contributed by atoms with Crippen LogP contribution in [-0.2, 0) is 9.47 Å². The molecule has 5 atom stereocenters. The van der Waals surface area contributed by atoms with Crippen LogP contribution in [0.25, 0.3) is 0 Å². The van der Waals surface area contributed by atoms with Crippen LogP contribution in [-0.4, -0.2) is 63.8 Å². The molecular formula is C9H18O6. The van der Waals surface area contributed by atoms with E-state index in [0.29, 0.717) is 0 Å². The highest BCUT2D eigenvalue weighted by atomic mass is 16.7. The molecular weight excluding hydrogens is 204 g/mol. The number of hydrogen-bond acceptors (Lipinski definition) is 6. The van der Waals surface area contributed by atoms with Crippen molar-refractivity contribution in [2.75, 3.05) is 6.61 Å². The van der Waals surface area contributed by atoms with Gasteiger partial charge in [0.05, 0.1) is 12.7 Å². The number of ether oxygens (including phenoxy) is 2. The van der Waals surface area contributed by atoms with Crippen LogP contribution >= 0.6 is 0 Å². The second-order valence-corrected chi connectivity index (χ2v) is 3.88. The molecule has 0 bridgehead atoms. The van der Waals surface area contributed by atoms with E-state index in [1.54, 1.807) is 13.8 Å². The van der Waals surface area contributed by atoms with Gasteiger partial charge in [0.25, 0.3) is 0 Å². The Morgan fingerprint density at radius 3 is 2.27 bits per heavy atom. The first kappa shape index (κ1) is 12.8. The van der Waals surface area contributed by atoms with Crippen LogP contribution in [0.2, 0.25) is 0 Å². The first-order valence-electron chi connectivity index (χ1n) is 4.93. The Labute approximate surface area is 88.1 Å². The maximum atomic E-state index is 9.63. The van der Waals surface area contributed by atoms with E-state index >= 15 is 0 Å². The smallest absolute Gasteiger partial charge is 0.184 e. The SMILES string of the molecule is CC(C)O[C@@H]1[C@@H](O)[C@H](O)[C@@H](CO)O[C@@H]1O. The van der Waals surface area contributed by atoms with E-state index in [4.69, 9.17) is 14.6 Å². The standard InChI is InChI=1S/C9H18O6/c1-4(2)14-8-7(12)6(11)5(3-10)15-9(8)13/h4-13H,3H2,1-2H3/t5-,6-,7+,8-,9+/m1/s1. The van der Waals surface area contributed by atoms with Gasteiger partial charge in [-0.1, -0.05) is 0 Å². The van der Waals surface area contributed by atoms with E-state index in [9.17, 15) is 15.3 Å². The number of aliphatic hydroxyl groups is 4. The Balaban J connectivity index is 2.66. The lowest BCUT2D eigenvalue weighted by Gasteiger charge is -2.40. The van der Waals surface area contributed by atoms with Gasteiger partial charge in [0.1, 0.15) is 24.4 Å². The lowest BCUT2D eigenvalue weighted by Crippen LogP contribution is -2.59. The first-order valence-corrected chi connectivity index (χ1v) is 4.93. The molecule has 0 radical (unpaired) electrons. The molecule has 0 aromatic heterocycles. The van der Waals surface area contributed by atoms with Gasteiger partial charge in [0, 0.05) is 0 Å². The molecule has 1 saturated heterocycles. The number of rotatable bonds is 3. The minimum Gasteiger partial charge on any atom is -0.394 e. The van der Waals surface area contributed by atoms with Gasteiger partial charge < -0.3 is 29.9 Å². The Morgan fingerprint density at radius 1 is 1.20 bits per heavy atom. The summed E-state index contributed by atoms with van der Waals surface area (Å²) in [5, 5.41) is 37.4. The molecule has 1 fully saturated rings. The molecule has 0 unspecified atom stereocenters. The summed E-state index contributed by atoms with van der Waals surface area (Å²) in [6, 6.07) is 0. The molecule has 0 spiro atoms. The van der Waals surface area contributed by atoms with Crippen LogP contribution in [0.4, 0.5) is 0 Å². The Morgan fingerprint density at radius 2 is 1.80 bits per heavy atom. The van der Waals surface area contributed by atoms with Crippen molar-refractivity contribution < 1.29 is 29.9 Å². The number of aliphatic hydroxyl groups excluding tert-OH is 4. The summed E-state index contributed by atoms with van der Waals surface area (Å²) < 4.78 is 10.1. The highest BCUT2D eigenvalue weighted by molar-refractivity contribution is 4.89. The fraction of sp³-hybridized carbons (Fsp3) is 1.00. The lowest BCUT2D eigenvalue weighted by molar-refractivity contribution is -0.301. The summed E-state index contributed by atoms with van der Waals surface area (Å²) in [4.78, 5) is 0. The molecule has 4 N–H and O–H groups in total. The quantitative estimate of drug-likeness (QED) is 0.450. The Bertz CT molecular complexity index is 197. The predicted octanol–water partition coefficient (Wildman–Crippen LogP) is -1.79. The molecule has 1 aliphatic heterocycles. The molecule has 0 aliphatic carbocycles. The van der Waals surface area contributed by atoms with E-state index in [0.717, 1.165) is 0 Å². The molecule has 6 nitrogen and oxygen atoms in total. The average molecular weight is 222 g/mol. The monoisotopic (exact) mass is 222 g/mol. The summed E-state index contributed by atoms with van der Waals surface area (Å²) in [6.07, 6.45) is -6.07. The van der Waals surface area contributed by atoms with Gasteiger partial charge >= 0.3 is 0 Å². The van der Waals surface area contributed by atoms with Crippen LogP contribution in [0.15, 0.2) is 0 Å². The van der Waals surface area contributed by atoms with Gasteiger partial charge in [0.2, 0.25) is 0 Å². The average Bonchev–Trinajstić information content (AvgIpc) is 2.18. The highest BCUT2D eigenvalue weighted by Gasteiger charge is 2.44. The molecule has 0 amide bonds. The third-order valence-electron chi connectivity index (χ3n) is 2.27. The third-order valence-corrected chi connectivity index (χ3v) is 2.27. The summed E-state index contributed by atoms with van der Waals surface area (Å²) in [5.41, 5.74) is 0. The minimum atomic E-state index is -1.34. The van der Waals surface area contributed by atoms with Gasteiger partial charge in [0.15, 0.2) is 6.29 Å². The largest absolute Gasteiger partial charge is 0.394 e. The zero-order valence-electron chi connectivity index (χ0n) is 8.78. The van der Waals surface area contributed by atoms with E-state index < -0.39 is 37.3 Å². The van der Waals surface area contributed by atoms with Gasteiger partial charge in [-0.15, -0.1) is 0 Å².